The van der Waals surface area contributed by atoms with E-state index in [-0.39, 0.29) is 0 Å². The molecule has 0 unspecified atom stereocenters. The Labute approximate surface area is 189 Å². The van der Waals surface area contributed by atoms with Crippen LogP contribution in [0.4, 0.5) is 11.5 Å². The predicted octanol–water partition coefficient (Wildman–Crippen LogP) is 6.42. The van der Waals surface area contributed by atoms with E-state index in [4.69, 9.17) is 4.98 Å². The molecule has 32 heavy (non-hydrogen) atoms. The van der Waals surface area contributed by atoms with Crippen molar-refractivity contribution in [1.29, 1.82) is 0 Å². The Morgan fingerprint density at radius 2 is 1.59 bits per heavy atom. The highest BCUT2D eigenvalue weighted by Gasteiger charge is 2.16. The van der Waals surface area contributed by atoms with Gasteiger partial charge < -0.3 is 10.6 Å². The van der Waals surface area contributed by atoms with Crippen molar-refractivity contribution in [3.63, 3.8) is 0 Å². The molecular weight excluding hydrogens is 394 g/mol. The number of hydrogen-bond donors (Lipinski definition) is 2. The van der Waals surface area contributed by atoms with Gasteiger partial charge in [-0.3, -0.25) is 0 Å². The van der Waals surface area contributed by atoms with Crippen molar-refractivity contribution in [2.75, 3.05) is 17.2 Å². The van der Waals surface area contributed by atoms with Gasteiger partial charge >= 0.3 is 0 Å². The molecular formula is C27H27N5. The van der Waals surface area contributed by atoms with E-state index < -0.39 is 0 Å². The lowest BCUT2D eigenvalue weighted by molar-refractivity contribution is 0.978. The standard InChI is InChI=1S/C27H27N5/c1-4-18-28-24-17-11-10-16-23(24)20(3)29-27-25(21-13-6-5-7-14-21)31-32-26(30-27)22-15-9-8-12-19(22)2/h5-17,28H,3-4,18H2,1-2H3,(H,29,30,32). The second kappa shape index (κ2) is 9.88. The summed E-state index contributed by atoms with van der Waals surface area (Å²) in [4.78, 5) is 4.87. The van der Waals surface area contributed by atoms with Crippen LogP contribution in [0, 0.1) is 6.92 Å². The molecule has 0 radical (unpaired) electrons. The molecule has 160 valence electrons. The first kappa shape index (κ1) is 21.2. The highest BCUT2D eigenvalue weighted by molar-refractivity contribution is 5.85. The highest BCUT2D eigenvalue weighted by atomic mass is 15.2. The molecule has 2 N–H and O–H groups in total. The van der Waals surface area contributed by atoms with Crippen LogP contribution >= 0.6 is 0 Å². The van der Waals surface area contributed by atoms with Crippen LogP contribution in [-0.4, -0.2) is 21.7 Å². The molecule has 0 spiro atoms. The average molecular weight is 422 g/mol. The number of anilines is 2. The van der Waals surface area contributed by atoms with Gasteiger partial charge in [0, 0.05) is 34.6 Å². The molecule has 0 atom stereocenters. The van der Waals surface area contributed by atoms with Gasteiger partial charge in [-0.1, -0.05) is 86.3 Å². The maximum absolute atomic E-state index is 4.87. The minimum absolute atomic E-state index is 0.579. The van der Waals surface area contributed by atoms with Crippen molar-refractivity contribution in [3.05, 3.63) is 96.6 Å². The van der Waals surface area contributed by atoms with Gasteiger partial charge in [-0.15, -0.1) is 10.2 Å². The summed E-state index contributed by atoms with van der Waals surface area (Å²) in [5.41, 5.74) is 6.46. The van der Waals surface area contributed by atoms with Gasteiger partial charge in [0.1, 0.15) is 5.69 Å². The zero-order valence-electron chi connectivity index (χ0n) is 18.5. The van der Waals surface area contributed by atoms with E-state index in [1.807, 2.05) is 79.7 Å². The lowest BCUT2D eigenvalue weighted by Gasteiger charge is -2.17. The monoisotopic (exact) mass is 421 g/mol. The first-order valence-corrected chi connectivity index (χ1v) is 10.8. The van der Waals surface area contributed by atoms with Crippen molar-refractivity contribution < 1.29 is 0 Å². The molecule has 0 aliphatic carbocycles. The maximum atomic E-state index is 4.87. The maximum Gasteiger partial charge on any atom is 0.184 e. The zero-order chi connectivity index (χ0) is 22.3. The van der Waals surface area contributed by atoms with Crippen molar-refractivity contribution in [2.45, 2.75) is 20.3 Å². The Morgan fingerprint density at radius 3 is 2.38 bits per heavy atom. The van der Waals surface area contributed by atoms with Gasteiger partial charge in [0.05, 0.1) is 0 Å². The van der Waals surface area contributed by atoms with Gasteiger partial charge in [-0.05, 0) is 25.0 Å². The Hall–Kier alpha value is -3.99. The SMILES string of the molecule is C=C(Nc1nc(-c2ccccc2C)nnc1-c1ccccc1)c1ccccc1NCCC. The summed E-state index contributed by atoms with van der Waals surface area (Å²) in [7, 11) is 0. The summed E-state index contributed by atoms with van der Waals surface area (Å²) in [5, 5.41) is 15.9. The molecule has 3 aromatic carbocycles. The van der Waals surface area contributed by atoms with Gasteiger partial charge in [0.15, 0.2) is 11.6 Å². The van der Waals surface area contributed by atoms with Crippen LogP contribution in [0.15, 0.2) is 85.4 Å². The van der Waals surface area contributed by atoms with Crippen molar-refractivity contribution in [1.82, 2.24) is 15.2 Å². The predicted molar refractivity (Wildman–Crippen MR) is 133 cm³/mol. The number of benzene rings is 3. The fourth-order valence-electron chi connectivity index (χ4n) is 3.51. The van der Waals surface area contributed by atoms with E-state index in [2.05, 4.69) is 40.4 Å². The third-order valence-corrected chi connectivity index (χ3v) is 5.21. The van der Waals surface area contributed by atoms with E-state index in [1.165, 1.54) is 0 Å². The number of nitrogens with zero attached hydrogens (tertiary/aromatic N) is 3. The second-order valence-corrected chi connectivity index (χ2v) is 7.59. The lowest BCUT2D eigenvalue weighted by Crippen LogP contribution is -2.09. The van der Waals surface area contributed by atoms with Crippen LogP contribution in [0.2, 0.25) is 0 Å². The Kier molecular flexibility index (Phi) is 6.56. The second-order valence-electron chi connectivity index (χ2n) is 7.59. The quantitative estimate of drug-likeness (QED) is 0.344. The Balaban J connectivity index is 1.75. The smallest absolute Gasteiger partial charge is 0.184 e. The molecule has 1 heterocycles. The number of para-hydroxylation sites is 1. The van der Waals surface area contributed by atoms with Crippen LogP contribution in [0.5, 0.6) is 0 Å². The van der Waals surface area contributed by atoms with Gasteiger partial charge in [0.25, 0.3) is 0 Å². The van der Waals surface area contributed by atoms with Crippen LogP contribution in [0.3, 0.4) is 0 Å². The van der Waals surface area contributed by atoms with Gasteiger partial charge in [-0.25, -0.2) is 4.98 Å². The van der Waals surface area contributed by atoms with Crippen LogP contribution in [0.1, 0.15) is 24.5 Å². The summed E-state index contributed by atoms with van der Waals surface area (Å²) in [6, 6.07) is 26.1. The molecule has 0 aliphatic heterocycles. The third kappa shape index (κ3) is 4.67. The summed E-state index contributed by atoms with van der Waals surface area (Å²) in [6.07, 6.45) is 1.04. The average Bonchev–Trinajstić information content (AvgIpc) is 2.83. The molecule has 5 nitrogen and oxygen atoms in total. The van der Waals surface area contributed by atoms with E-state index in [0.717, 1.165) is 46.6 Å². The molecule has 4 aromatic rings. The van der Waals surface area contributed by atoms with Crippen LogP contribution in [-0.2, 0) is 0 Å². The fraction of sp³-hybridized carbons (Fsp3) is 0.148. The van der Waals surface area contributed by atoms with Crippen LogP contribution in [0.25, 0.3) is 28.3 Å². The fourth-order valence-corrected chi connectivity index (χ4v) is 3.51. The summed E-state index contributed by atoms with van der Waals surface area (Å²) < 4.78 is 0. The molecule has 1 aromatic heterocycles. The summed E-state index contributed by atoms with van der Waals surface area (Å²) in [5.74, 6) is 1.20. The largest absolute Gasteiger partial charge is 0.385 e. The van der Waals surface area contributed by atoms with Gasteiger partial charge in [-0.2, -0.15) is 0 Å². The minimum atomic E-state index is 0.579. The first-order chi connectivity index (χ1) is 15.7. The Morgan fingerprint density at radius 1 is 0.875 bits per heavy atom. The van der Waals surface area contributed by atoms with E-state index >= 15 is 0 Å². The number of hydrogen-bond acceptors (Lipinski definition) is 5. The number of rotatable bonds is 8. The number of aromatic nitrogens is 3. The molecule has 0 aliphatic rings. The van der Waals surface area contributed by atoms with Crippen molar-refractivity contribution >= 4 is 17.2 Å². The lowest BCUT2D eigenvalue weighted by atomic mass is 10.1. The van der Waals surface area contributed by atoms with Gasteiger partial charge in [0.2, 0.25) is 0 Å². The normalized spacial score (nSPS) is 10.6. The van der Waals surface area contributed by atoms with Crippen molar-refractivity contribution in [2.24, 2.45) is 0 Å². The molecule has 0 fully saturated rings. The van der Waals surface area contributed by atoms with Crippen molar-refractivity contribution in [3.8, 4) is 22.6 Å². The van der Waals surface area contributed by atoms with E-state index in [1.54, 1.807) is 0 Å². The molecule has 5 heteroatoms. The molecule has 0 saturated heterocycles. The Bertz CT molecular complexity index is 1220. The minimum Gasteiger partial charge on any atom is -0.385 e. The van der Waals surface area contributed by atoms with E-state index in [9.17, 15) is 0 Å². The first-order valence-electron chi connectivity index (χ1n) is 10.8. The molecule has 0 amide bonds. The summed E-state index contributed by atoms with van der Waals surface area (Å²) >= 11 is 0. The topological polar surface area (TPSA) is 62.7 Å². The third-order valence-electron chi connectivity index (χ3n) is 5.21. The molecule has 0 saturated carbocycles. The molecule has 0 bridgehead atoms. The number of aryl methyl sites for hydroxylation is 1. The van der Waals surface area contributed by atoms with E-state index in [0.29, 0.717) is 17.3 Å². The summed E-state index contributed by atoms with van der Waals surface area (Å²) in [6.45, 7) is 9.39. The molecule has 4 rings (SSSR count). The zero-order valence-corrected chi connectivity index (χ0v) is 18.5. The highest BCUT2D eigenvalue weighted by Crippen LogP contribution is 2.30. The van der Waals surface area contributed by atoms with Crippen LogP contribution < -0.4 is 10.6 Å². The number of nitrogens with one attached hydrogen (secondary N) is 2.